The summed E-state index contributed by atoms with van der Waals surface area (Å²) >= 11 is 0. The van der Waals surface area contributed by atoms with E-state index in [1.165, 1.54) is 6.92 Å². The van der Waals surface area contributed by atoms with Crippen LogP contribution in [-0.2, 0) is 0 Å². The molecule has 0 aliphatic rings. The highest BCUT2D eigenvalue weighted by Crippen LogP contribution is 2.15. The van der Waals surface area contributed by atoms with Gasteiger partial charge in [-0.2, -0.15) is 0 Å². The van der Waals surface area contributed by atoms with E-state index in [0.717, 1.165) is 17.0 Å². The maximum atomic E-state index is 11.0. The predicted octanol–water partition coefficient (Wildman–Crippen LogP) is 2.05. The molecule has 0 amide bonds. The molecule has 4 nitrogen and oxygen atoms in total. The van der Waals surface area contributed by atoms with Gasteiger partial charge in [-0.25, -0.2) is 0 Å². The minimum absolute atomic E-state index is 0.0787. The molecule has 0 N–H and O–H groups in total. The van der Waals surface area contributed by atoms with Crippen molar-refractivity contribution in [3.63, 3.8) is 0 Å². The van der Waals surface area contributed by atoms with Crippen molar-refractivity contribution in [1.29, 1.82) is 0 Å². The molecule has 0 saturated carbocycles. The molecule has 0 unspecified atom stereocenters. The van der Waals surface area contributed by atoms with E-state index in [-0.39, 0.29) is 5.78 Å². The Labute approximate surface area is 93.4 Å². The zero-order chi connectivity index (χ0) is 11.5. The fourth-order valence-corrected chi connectivity index (χ4v) is 1.38. The first-order valence-electron chi connectivity index (χ1n) is 4.94. The number of carbonyl (C=O) groups is 1. The summed E-state index contributed by atoms with van der Waals surface area (Å²) in [4.78, 5) is 15.1. The summed E-state index contributed by atoms with van der Waals surface area (Å²) < 4.78 is 0. The number of Topliss-reactive ketones (excluding diaryl/α,β-unsaturated/α-hetero) is 1. The van der Waals surface area contributed by atoms with E-state index in [1.54, 1.807) is 18.3 Å². The molecule has 4 heteroatoms. The maximum Gasteiger partial charge on any atom is 0.180 e. The smallest absolute Gasteiger partial charge is 0.180 e. The van der Waals surface area contributed by atoms with Gasteiger partial charge in [-0.1, -0.05) is 0 Å². The van der Waals surface area contributed by atoms with Crippen LogP contribution in [-0.4, -0.2) is 21.0 Å². The van der Waals surface area contributed by atoms with Crippen LogP contribution in [0.4, 0.5) is 0 Å². The Morgan fingerprint density at radius 3 is 2.56 bits per heavy atom. The molecule has 0 aliphatic carbocycles. The van der Waals surface area contributed by atoms with Crippen LogP contribution in [0.1, 0.15) is 23.1 Å². The fourth-order valence-electron chi connectivity index (χ4n) is 1.38. The van der Waals surface area contributed by atoms with Crippen molar-refractivity contribution in [3.05, 3.63) is 41.9 Å². The number of hydrogen-bond donors (Lipinski definition) is 0. The normalized spacial score (nSPS) is 10.1. The summed E-state index contributed by atoms with van der Waals surface area (Å²) in [5.74, 6) is -0.0787. The standard InChI is InChI=1S/C12H11N3O/c1-8-7-10(5-6-13-8)12-4-3-11(9(2)16)14-15-12/h3-7H,1-2H3. The highest BCUT2D eigenvalue weighted by molar-refractivity contribution is 5.92. The lowest BCUT2D eigenvalue weighted by atomic mass is 10.1. The zero-order valence-electron chi connectivity index (χ0n) is 9.14. The molecule has 0 atom stereocenters. The van der Waals surface area contributed by atoms with E-state index >= 15 is 0 Å². The monoisotopic (exact) mass is 213 g/mol. The molecule has 2 aromatic heterocycles. The van der Waals surface area contributed by atoms with Crippen LogP contribution in [0.25, 0.3) is 11.3 Å². The van der Waals surface area contributed by atoms with E-state index < -0.39 is 0 Å². The first-order chi connectivity index (χ1) is 7.66. The third-order valence-corrected chi connectivity index (χ3v) is 2.22. The van der Waals surface area contributed by atoms with Crippen molar-refractivity contribution in [2.75, 3.05) is 0 Å². The van der Waals surface area contributed by atoms with Gasteiger partial charge >= 0.3 is 0 Å². The van der Waals surface area contributed by atoms with Gasteiger partial charge in [0.05, 0.1) is 5.69 Å². The molecule has 0 fully saturated rings. The van der Waals surface area contributed by atoms with Gasteiger partial charge in [0.1, 0.15) is 5.69 Å². The number of ketones is 1. The summed E-state index contributed by atoms with van der Waals surface area (Å²) in [5.41, 5.74) is 3.01. The number of pyridine rings is 1. The van der Waals surface area contributed by atoms with Gasteiger partial charge in [0, 0.05) is 24.4 Å². The van der Waals surface area contributed by atoms with Crippen LogP contribution < -0.4 is 0 Å². The number of rotatable bonds is 2. The predicted molar refractivity (Wildman–Crippen MR) is 60.0 cm³/mol. The summed E-state index contributed by atoms with van der Waals surface area (Å²) in [6.07, 6.45) is 1.73. The first-order valence-corrected chi connectivity index (χ1v) is 4.94. The highest BCUT2D eigenvalue weighted by Gasteiger charge is 2.04. The molecule has 80 valence electrons. The lowest BCUT2D eigenvalue weighted by molar-refractivity contribution is 0.101. The second-order valence-corrected chi connectivity index (χ2v) is 3.55. The van der Waals surface area contributed by atoms with Crippen LogP contribution in [0.2, 0.25) is 0 Å². The van der Waals surface area contributed by atoms with E-state index in [1.807, 2.05) is 19.1 Å². The van der Waals surface area contributed by atoms with Crippen molar-refractivity contribution >= 4 is 5.78 Å². The van der Waals surface area contributed by atoms with Crippen molar-refractivity contribution in [2.24, 2.45) is 0 Å². The Bertz CT molecular complexity index is 520. The SMILES string of the molecule is CC(=O)c1ccc(-c2ccnc(C)c2)nn1. The highest BCUT2D eigenvalue weighted by atomic mass is 16.1. The molecule has 16 heavy (non-hydrogen) atoms. The molecule has 0 aromatic carbocycles. The largest absolute Gasteiger partial charge is 0.293 e. The van der Waals surface area contributed by atoms with Gasteiger partial charge in [-0.05, 0) is 31.2 Å². The van der Waals surface area contributed by atoms with Gasteiger partial charge in [0.2, 0.25) is 0 Å². The quantitative estimate of drug-likeness (QED) is 0.716. The maximum absolute atomic E-state index is 11.0. The van der Waals surface area contributed by atoms with Crippen LogP contribution in [0.15, 0.2) is 30.5 Å². The van der Waals surface area contributed by atoms with E-state index in [9.17, 15) is 4.79 Å². The molecule has 0 bridgehead atoms. The Hall–Kier alpha value is -2.10. The van der Waals surface area contributed by atoms with E-state index in [0.29, 0.717) is 5.69 Å². The number of aryl methyl sites for hydroxylation is 1. The average Bonchev–Trinajstić information content (AvgIpc) is 2.29. The third-order valence-electron chi connectivity index (χ3n) is 2.22. The van der Waals surface area contributed by atoms with Gasteiger partial charge < -0.3 is 0 Å². The van der Waals surface area contributed by atoms with Crippen LogP contribution in [0, 0.1) is 6.92 Å². The Morgan fingerprint density at radius 1 is 1.19 bits per heavy atom. The first kappa shape index (κ1) is 10.4. The third kappa shape index (κ3) is 2.11. The van der Waals surface area contributed by atoms with Gasteiger partial charge in [-0.15, -0.1) is 10.2 Å². The zero-order valence-corrected chi connectivity index (χ0v) is 9.14. The Morgan fingerprint density at radius 2 is 2.00 bits per heavy atom. The number of hydrogen-bond acceptors (Lipinski definition) is 4. The Balaban J connectivity index is 2.38. The van der Waals surface area contributed by atoms with Crippen LogP contribution >= 0.6 is 0 Å². The second-order valence-electron chi connectivity index (χ2n) is 3.55. The minimum Gasteiger partial charge on any atom is -0.293 e. The molecule has 2 rings (SSSR count). The van der Waals surface area contributed by atoms with Gasteiger partial charge in [-0.3, -0.25) is 9.78 Å². The fraction of sp³-hybridized carbons (Fsp3) is 0.167. The second kappa shape index (κ2) is 4.18. The lowest BCUT2D eigenvalue weighted by Crippen LogP contribution is -1.99. The number of nitrogens with zero attached hydrogens (tertiary/aromatic N) is 3. The van der Waals surface area contributed by atoms with Gasteiger partial charge in [0.25, 0.3) is 0 Å². The van der Waals surface area contributed by atoms with Crippen molar-refractivity contribution < 1.29 is 4.79 Å². The molecule has 2 aromatic rings. The van der Waals surface area contributed by atoms with E-state index in [4.69, 9.17) is 0 Å². The van der Waals surface area contributed by atoms with Crippen molar-refractivity contribution in [2.45, 2.75) is 13.8 Å². The molecule has 0 radical (unpaired) electrons. The van der Waals surface area contributed by atoms with E-state index in [2.05, 4.69) is 15.2 Å². The number of aromatic nitrogens is 3. The molecule has 0 saturated heterocycles. The number of carbonyl (C=O) groups excluding carboxylic acids is 1. The summed E-state index contributed by atoms with van der Waals surface area (Å²) in [6.45, 7) is 3.39. The molecular formula is C12H11N3O. The lowest BCUT2D eigenvalue weighted by Gasteiger charge is -2.01. The molecular weight excluding hydrogens is 202 g/mol. The average molecular weight is 213 g/mol. The van der Waals surface area contributed by atoms with Crippen molar-refractivity contribution in [3.8, 4) is 11.3 Å². The summed E-state index contributed by atoms with van der Waals surface area (Å²) in [7, 11) is 0. The van der Waals surface area contributed by atoms with Gasteiger partial charge in [0.15, 0.2) is 5.78 Å². The molecule has 0 spiro atoms. The molecule has 2 heterocycles. The van der Waals surface area contributed by atoms with Crippen molar-refractivity contribution in [1.82, 2.24) is 15.2 Å². The minimum atomic E-state index is -0.0787. The Kier molecular flexibility index (Phi) is 2.72. The molecule has 0 aliphatic heterocycles. The summed E-state index contributed by atoms with van der Waals surface area (Å²) in [6, 6.07) is 7.26. The topological polar surface area (TPSA) is 55.7 Å². The summed E-state index contributed by atoms with van der Waals surface area (Å²) in [5, 5.41) is 7.88. The van der Waals surface area contributed by atoms with Crippen LogP contribution in [0.5, 0.6) is 0 Å². The van der Waals surface area contributed by atoms with Crippen LogP contribution in [0.3, 0.4) is 0 Å².